The third kappa shape index (κ3) is 4.02. The molecule has 98 valence electrons. The van der Waals surface area contributed by atoms with Gasteiger partial charge in [-0.05, 0) is 18.8 Å². The lowest BCUT2D eigenvalue weighted by atomic mass is 9.89. The van der Waals surface area contributed by atoms with E-state index in [2.05, 4.69) is 5.32 Å². The van der Waals surface area contributed by atoms with E-state index in [1.807, 2.05) is 13.8 Å². The van der Waals surface area contributed by atoms with Crippen molar-refractivity contribution in [3.8, 4) is 0 Å². The highest BCUT2D eigenvalue weighted by Gasteiger charge is 2.39. The maximum Gasteiger partial charge on any atom is 0.329 e. The van der Waals surface area contributed by atoms with Gasteiger partial charge in [-0.25, -0.2) is 4.79 Å². The van der Waals surface area contributed by atoms with Crippen molar-refractivity contribution in [2.75, 3.05) is 0 Å². The lowest BCUT2D eigenvalue weighted by molar-refractivity contribution is -0.148. The second-order valence-corrected chi connectivity index (χ2v) is 5.45. The molecule has 0 bridgehead atoms. The molecule has 4 nitrogen and oxygen atoms in total. The molecular weight excluding hydrogens is 218 g/mol. The molecule has 0 aromatic heterocycles. The third-order valence-corrected chi connectivity index (χ3v) is 3.34. The van der Waals surface area contributed by atoms with Gasteiger partial charge in [-0.2, -0.15) is 0 Å². The fraction of sp³-hybridized carbons (Fsp3) is 0.846. The van der Waals surface area contributed by atoms with Gasteiger partial charge in [-0.15, -0.1) is 0 Å². The number of carboxylic acid groups (broad SMARTS) is 1. The summed E-state index contributed by atoms with van der Waals surface area (Å²) in [5, 5.41) is 12.1. The number of amides is 1. The van der Waals surface area contributed by atoms with Crippen LogP contribution in [-0.4, -0.2) is 22.5 Å². The second-order valence-electron chi connectivity index (χ2n) is 5.45. The molecule has 0 heterocycles. The van der Waals surface area contributed by atoms with Gasteiger partial charge in [0.2, 0.25) is 5.91 Å². The first-order valence-corrected chi connectivity index (χ1v) is 6.51. The normalized spacial score (nSPS) is 19.7. The standard InChI is InChI=1S/C13H23NO3/c1-10(2)9-11(15)14-13(12(16)17)7-5-3-4-6-8-13/h10H,3-9H2,1-2H3,(H,14,15)(H,16,17). The molecule has 1 saturated carbocycles. The number of aliphatic carboxylic acids is 1. The van der Waals surface area contributed by atoms with Gasteiger partial charge in [0.15, 0.2) is 0 Å². The zero-order chi connectivity index (χ0) is 12.9. The van der Waals surface area contributed by atoms with Crippen molar-refractivity contribution in [3.63, 3.8) is 0 Å². The summed E-state index contributed by atoms with van der Waals surface area (Å²) >= 11 is 0. The van der Waals surface area contributed by atoms with E-state index in [0.29, 0.717) is 19.3 Å². The van der Waals surface area contributed by atoms with E-state index < -0.39 is 11.5 Å². The fourth-order valence-electron chi connectivity index (χ4n) is 2.41. The van der Waals surface area contributed by atoms with Crippen LogP contribution in [-0.2, 0) is 9.59 Å². The largest absolute Gasteiger partial charge is 0.480 e. The molecule has 0 radical (unpaired) electrons. The molecule has 1 fully saturated rings. The predicted octanol–water partition coefficient (Wildman–Crippen LogP) is 2.33. The van der Waals surface area contributed by atoms with E-state index in [-0.39, 0.29) is 11.8 Å². The summed E-state index contributed by atoms with van der Waals surface area (Å²) in [5.74, 6) is -0.757. The summed E-state index contributed by atoms with van der Waals surface area (Å²) in [7, 11) is 0. The van der Waals surface area contributed by atoms with Crippen molar-refractivity contribution in [1.82, 2.24) is 5.32 Å². The van der Waals surface area contributed by atoms with Crippen LogP contribution in [0.2, 0.25) is 0 Å². The Morgan fingerprint density at radius 2 is 1.71 bits per heavy atom. The molecule has 0 aromatic carbocycles. The van der Waals surface area contributed by atoms with Crippen LogP contribution in [0.25, 0.3) is 0 Å². The van der Waals surface area contributed by atoms with Crippen LogP contribution >= 0.6 is 0 Å². The maximum atomic E-state index is 11.8. The van der Waals surface area contributed by atoms with Gasteiger partial charge in [-0.1, -0.05) is 39.5 Å². The van der Waals surface area contributed by atoms with Gasteiger partial charge < -0.3 is 10.4 Å². The zero-order valence-corrected chi connectivity index (χ0v) is 10.8. The quantitative estimate of drug-likeness (QED) is 0.742. The number of hydrogen-bond acceptors (Lipinski definition) is 2. The topological polar surface area (TPSA) is 66.4 Å². The first-order chi connectivity index (χ1) is 7.96. The Labute approximate surface area is 103 Å². The predicted molar refractivity (Wildman–Crippen MR) is 65.7 cm³/mol. The van der Waals surface area contributed by atoms with Crippen molar-refractivity contribution >= 4 is 11.9 Å². The smallest absolute Gasteiger partial charge is 0.329 e. The summed E-state index contributed by atoms with van der Waals surface area (Å²) in [6, 6.07) is 0. The van der Waals surface area contributed by atoms with Gasteiger partial charge in [0.25, 0.3) is 0 Å². The number of carboxylic acids is 1. The molecule has 0 aromatic rings. The van der Waals surface area contributed by atoms with Crippen LogP contribution in [0.4, 0.5) is 0 Å². The summed E-state index contributed by atoms with van der Waals surface area (Å²) in [5.41, 5.74) is -1.01. The number of carbonyl (C=O) groups excluding carboxylic acids is 1. The van der Waals surface area contributed by atoms with Gasteiger partial charge in [0.05, 0.1) is 0 Å². The summed E-state index contributed by atoms with van der Waals surface area (Å²) < 4.78 is 0. The molecule has 2 N–H and O–H groups in total. The van der Waals surface area contributed by atoms with E-state index in [4.69, 9.17) is 0 Å². The Bertz CT molecular complexity index is 278. The van der Waals surface area contributed by atoms with E-state index in [1.54, 1.807) is 0 Å². The van der Waals surface area contributed by atoms with Gasteiger partial charge in [-0.3, -0.25) is 4.79 Å². The second kappa shape index (κ2) is 6.03. The molecule has 4 heteroatoms. The summed E-state index contributed by atoms with van der Waals surface area (Å²) in [4.78, 5) is 23.2. The Morgan fingerprint density at radius 3 is 2.12 bits per heavy atom. The molecule has 17 heavy (non-hydrogen) atoms. The molecule has 1 amide bonds. The Balaban J connectivity index is 2.70. The highest BCUT2D eigenvalue weighted by atomic mass is 16.4. The number of carbonyl (C=O) groups is 2. The van der Waals surface area contributed by atoms with Crippen molar-refractivity contribution in [3.05, 3.63) is 0 Å². The highest BCUT2D eigenvalue weighted by Crippen LogP contribution is 2.27. The molecular formula is C13H23NO3. The fourth-order valence-corrected chi connectivity index (χ4v) is 2.41. The number of nitrogens with one attached hydrogen (secondary N) is 1. The molecule has 0 spiro atoms. The minimum Gasteiger partial charge on any atom is -0.480 e. The monoisotopic (exact) mass is 241 g/mol. The highest BCUT2D eigenvalue weighted by molar-refractivity contribution is 5.87. The molecule has 0 unspecified atom stereocenters. The average Bonchev–Trinajstić information content (AvgIpc) is 2.42. The van der Waals surface area contributed by atoms with Crippen molar-refractivity contribution in [2.24, 2.45) is 5.92 Å². The number of rotatable bonds is 4. The molecule has 1 aliphatic carbocycles. The van der Waals surface area contributed by atoms with Crippen LogP contribution in [0, 0.1) is 5.92 Å². The Morgan fingerprint density at radius 1 is 1.18 bits per heavy atom. The van der Waals surface area contributed by atoms with E-state index in [0.717, 1.165) is 25.7 Å². The molecule has 0 atom stereocenters. The minimum absolute atomic E-state index is 0.135. The first-order valence-electron chi connectivity index (χ1n) is 6.51. The molecule has 1 rings (SSSR count). The van der Waals surface area contributed by atoms with Gasteiger partial charge >= 0.3 is 5.97 Å². The molecule has 0 aliphatic heterocycles. The van der Waals surface area contributed by atoms with E-state index in [1.165, 1.54) is 0 Å². The Kier molecular flexibility index (Phi) is 4.97. The van der Waals surface area contributed by atoms with E-state index >= 15 is 0 Å². The van der Waals surface area contributed by atoms with Crippen LogP contribution in [0.3, 0.4) is 0 Å². The zero-order valence-electron chi connectivity index (χ0n) is 10.8. The summed E-state index contributed by atoms with van der Waals surface area (Å²) in [6.07, 6.45) is 5.42. The maximum absolute atomic E-state index is 11.8. The number of hydrogen-bond donors (Lipinski definition) is 2. The average molecular weight is 241 g/mol. The van der Waals surface area contributed by atoms with E-state index in [9.17, 15) is 14.7 Å². The molecule has 0 saturated heterocycles. The van der Waals surface area contributed by atoms with Gasteiger partial charge in [0, 0.05) is 6.42 Å². The SMILES string of the molecule is CC(C)CC(=O)NC1(C(=O)O)CCCCCC1. The van der Waals surface area contributed by atoms with Gasteiger partial charge in [0.1, 0.15) is 5.54 Å². The summed E-state index contributed by atoms with van der Waals surface area (Å²) in [6.45, 7) is 3.92. The Hall–Kier alpha value is -1.06. The van der Waals surface area contributed by atoms with Crippen molar-refractivity contribution < 1.29 is 14.7 Å². The van der Waals surface area contributed by atoms with Crippen LogP contribution < -0.4 is 5.32 Å². The third-order valence-electron chi connectivity index (χ3n) is 3.34. The van der Waals surface area contributed by atoms with Crippen LogP contribution in [0.15, 0.2) is 0 Å². The van der Waals surface area contributed by atoms with Crippen molar-refractivity contribution in [2.45, 2.75) is 64.3 Å². The first kappa shape index (κ1) is 14.0. The lowest BCUT2D eigenvalue weighted by Crippen LogP contribution is -2.54. The van der Waals surface area contributed by atoms with Crippen molar-refractivity contribution in [1.29, 1.82) is 0 Å². The lowest BCUT2D eigenvalue weighted by Gasteiger charge is -2.29. The minimum atomic E-state index is -1.01. The van der Waals surface area contributed by atoms with Crippen LogP contribution in [0.1, 0.15) is 58.8 Å². The van der Waals surface area contributed by atoms with Crippen LogP contribution in [0.5, 0.6) is 0 Å². The molecule has 1 aliphatic rings.